The van der Waals surface area contributed by atoms with E-state index < -0.39 is 5.97 Å². The zero-order valence-electron chi connectivity index (χ0n) is 17.5. The van der Waals surface area contributed by atoms with Gasteiger partial charge in [-0.1, -0.05) is 17.7 Å². The Morgan fingerprint density at radius 2 is 1.86 bits per heavy atom. The second kappa shape index (κ2) is 8.21. The molecule has 1 aromatic carbocycles. The van der Waals surface area contributed by atoms with Gasteiger partial charge < -0.3 is 9.15 Å². The minimum absolute atomic E-state index is 0.0249. The van der Waals surface area contributed by atoms with Crippen molar-refractivity contribution < 1.29 is 18.7 Å². The highest BCUT2D eigenvalue weighted by atomic mass is 32.1. The summed E-state index contributed by atoms with van der Waals surface area (Å²) in [4.78, 5) is 30.9. The SMILES string of the molecule is CC(=O)N(c1nc(COC(=O)c2c(C)oc(C)c2C)cs1)c1ccc(C)cc1C. The molecule has 6 nitrogen and oxygen atoms in total. The van der Waals surface area contributed by atoms with Gasteiger partial charge in [-0.2, -0.15) is 0 Å². The summed E-state index contributed by atoms with van der Waals surface area (Å²) >= 11 is 1.34. The standard InChI is InChI=1S/C22H24N2O4S/c1-12-7-8-19(13(2)9-12)24(17(6)25)22-23-18(11-29-22)10-27-21(26)20-14(3)15(4)28-16(20)5/h7-9,11H,10H2,1-6H3. The first-order valence-corrected chi connectivity index (χ1v) is 10.1. The normalized spacial score (nSPS) is 10.8. The Hall–Kier alpha value is -2.93. The predicted molar refractivity (Wildman–Crippen MR) is 113 cm³/mol. The van der Waals surface area contributed by atoms with Crippen LogP contribution in [0.3, 0.4) is 0 Å². The van der Waals surface area contributed by atoms with E-state index in [4.69, 9.17) is 9.15 Å². The number of rotatable bonds is 5. The van der Waals surface area contributed by atoms with Crippen LogP contribution in [0.4, 0.5) is 10.8 Å². The number of thiazole rings is 1. The van der Waals surface area contributed by atoms with Gasteiger partial charge in [0.1, 0.15) is 23.7 Å². The molecule has 7 heteroatoms. The van der Waals surface area contributed by atoms with E-state index in [-0.39, 0.29) is 12.5 Å². The number of hydrogen-bond acceptors (Lipinski definition) is 6. The molecule has 0 saturated carbocycles. The lowest BCUT2D eigenvalue weighted by molar-refractivity contribution is -0.115. The molecule has 1 amide bonds. The molecule has 0 N–H and O–H groups in total. The fraction of sp³-hybridized carbons (Fsp3) is 0.318. The second-order valence-corrected chi connectivity index (χ2v) is 7.89. The lowest BCUT2D eigenvalue weighted by Crippen LogP contribution is -2.23. The van der Waals surface area contributed by atoms with Gasteiger partial charge in [-0.05, 0) is 46.2 Å². The number of benzene rings is 1. The third kappa shape index (κ3) is 4.24. The van der Waals surface area contributed by atoms with Gasteiger partial charge in [0.05, 0.1) is 11.4 Å². The van der Waals surface area contributed by atoms with E-state index in [1.165, 1.54) is 18.3 Å². The number of carbonyl (C=O) groups excluding carboxylic acids is 2. The highest BCUT2D eigenvalue weighted by Crippen LogP contribution is 2.32. The quantitative estimate of drug-likeness (QED) is 0.530. The smallest absolute Gasteiger partial charge is 0.342 e. The van der Waals surface area contributed by atoms with Crippen molar-refractivity contribution in [1.29, 1.82) is 0 Å². The van der Waals surface area contributed by atoms with Gasteiger partial charge in [-0.15, -0.1) is 11.3 Å². The van der Waals surface area contributed by atoms with E-state index in [0.29, 0.717) is 27.9 Å². The van der Waals surface area contributed by atoms with Crippen molar-refractivity contribution in [1.82, 2.24) is 4.98 Å². The van der Waals surface area contributed by atoms with Crippen molar-refractivity contribution >= 4 is 34.0 Å². The number of carbonyl (C=O) groups is 2. The zero-order chi connectivity index (χ0) is 21.3. The van der Waals surface area contributed by atoms with Gasteiger partial charge in [0, 0.05) is 17.9 Å². The molecule has 2 aromatic heterocycles. The van der Waals surface area contributed by atoms with E-state index in [2.05, 4.69) is 4.98 Å². The monoisotopic (exact) mass is 412 g/mol. The number of anilines is 2. The second-order valence-electron chi connectivity index (χ2n) is 7.06. The Morgan fingerprint density at radius 3 is 2.45 bits per heavy atom. The molecule has 0 saturated heterocycles. The first kappa shape index (κ1) is 20.8. The minimum atomic E-state index is -0.441. The van der Waals surface area contributed by atoms with Crippen molar-refractivity contribution in [2.75, 3.05) is 4.90 Å². The highest BCUT2D eigenvalue weighted by Gasteiger charge is 2.22. The molecule has 3 rings (SSSR count). The first-order valence-electron chi connectivity index (χ1n) is 9.25. The van der Waals surface area contributed by atoms with E-state index in [1.54, 1.807) is 17.2 Å². The average molecular weight is 413 g/mol. The van der Waals surface area contributed by atoms with Crippen LogP contribution in [0.1, 0.15) is 51.2 Å². The lowest BCUT2D eigenvalue weighted by atomic mass is 10.1. The van der Waals surface area contributed by atoms with Gasteiger partial charge in [-0.3, -0.25) is 9.69 Å². The first-order chi connectivity index (χ1) is 13.7. The summed E-state index contributed by atoms with van der Waals surface area (Å²) in [6.45, 7) is 10.9. The van der Waals surface area contributed by atoms with Gasteiger partial charge >= 0.3 is 5.97 Å². The van der Waals surface area contributed by atoms with E-state index in [9.17, 15) is 9.59 Å². The molecular weight excluding hydrogens is 388 g/mol. The van der Waals surface area contributed by atoms with Crippen LogP contribution in [0.2, 0.25) is 0 Å². The summed E-state index contributed by atoms with van der Waals surface area (Å²) in [5.74, 6) is 0.678. The highest BCUT2D eigenvalue weighted by molar-refractivity contribution is 7.14. The molecule has 0 aliphatic carbocycles. The Morgan fingerprint density at radius 1 is 1.14 bits per heavy atom. The van der Waals surface area contributed by atoms with E-state index in [1.807, 2.05) is 45.9 Å². The minimum Gasteiger partial charge on any atom is -0.465 e. The Balaban J connectivity index is 1.78. The molecular formula is C22H24N2O4S. The maximum absolute atomic E-state index is 12.4. The van der Waals surface area contributed by atoms with Crippen LogP contribution in [0.5, 0.6) is 0 Å². The summed E-state index contributed by atoms with van der Waals surface area (Å²) in [5, 5.41) is 2.34. The van der Waals surface area contributed by atoms with Crippen LogP contribution in [0.15, 0.2) is 28.0 Å². The number of aryl methyl sites for hydroxylation is 4. The Labute approximate surface area is 174 Å². The predicted octanol–water partition coefficient (Wildman–Crippen LogP) is 5.32. The van der Waals surface area contributed by atoms with Crippen LogP contribution >= 0.6 is 11.3 Å². The van der Waals surface area contributed by atoms with Crippen LogP contribution in [-0.2, 0) is 16.1 Å². The summed E-state index contributed by atoms with van der Waals surface area (Å²) < 4.78 is 10.9. The van der Waals surface area contributed by atoms with Crippen LogP contribution in [0.25, 0.3) is 0 Å². The van der Waals surface area contributed by atoms with Crippen LogP contribution < -0.4 is 4.90 Å². The molecule has 152 valence electrons. The molecule has 0 bridgehead atoms. The fourth-order valence-corrected chi connectivity index (χ4v) is 4.10. The van der Waals surface area contributed by atoms with Gasteiger partial charge in [0.25, 0.3) is 0 Å². The van der Waals surface area contributed by atoms with Crippen molar-refractivity contribution in [2.45, 2.75) is 48.1 Å². The molecule has 2 heterocycles. The molecule has 0 aliphatic heterocycles. The number of amides is 1. The number of hydrogen-bond donors (Lipinski definition) is 0. The van der Waals surface area contributed by atoms with E-state index >= 15 is 0 Å². The van der Waals surface area contributed by atoms with Gasteiger partial charge in [-0.25, -0.2) is 9.78 Å². The number of furan rings is 1. The van der Waals surface area contributed by atoms with Gasteiger partial charge in [0.2, 0.25) is 5.91 Å². The fourth-order valence-electron chi connectivity index (χ4n) is 3.23. The Kier molecular flexibility index (Phi) is 5.88. The van der Waals surface area contributed by atoms with Gasteiger partial charge in [0.15, 0.2) is 5.13 Å². The Bertz CT molecular complexity index is 1080. The van der Waals surface area contributed by atoms with Crippen molar-refractivity contribution in [3.63, 3.8) is 0 Å². The summed E-state index contributed by atoms with van der Waals surface area (Å²) in [6.07, 6.45) is 0. The summed E-state index contributed by atoms with van der Waals surface area (Å²) in [7, 11) is 0. The topological polar surface area (TPSA) is 72.6 Å². The molecule has 0 radical (unpaired) electrons. The molecule has 0 unspecified atom stereocenters. The molecule has 0 fully saturated rings. The number of nitrogens with zero attached hydrogens (tertiary/aromatic N) is 2. The zero-order valence-corrected chi connectivity index (χ0v) is 18.3. The molecule has 0 aliphatic rings. The summed E-state index contributed by atoms with van der Waals surface area (Å²) in [5.41, 5.74) is 4.74. The maximum Gasteiger partial charge on any atom is 0.342 e. The lowest BCUT2D eigenvalue weighted by Gasteiger charge is -2.20. The molecule has 29 heavy (non-hydrogen) atoms. The maximum atomic E-state index is 12.4. The number of aromatic nitrogens is 1. The number of ether oxygens (including phenoxy) is 1. The van der Waals surface area contributed by atoms with Crippen molar-refractivity contribution in [3.05, 3.63) is 63.0 Å². The third-order valence-corrected chi connectivity index (χ3v) is 5.63. The van der Waals surface area contributed by atoms with Crippen LogP contribution in [-0.4, -0.2) is 16.9 Å². The molecule has 3 aromatic rings. The van der Waals surface area contributed by atoms with Crippen molar-refractivity contribution in [3.8, 4) is 0 Å². The molecule has 0 spiro atoms. The number of esters is 1. The van der Waals surface area contributed by atoms with E-state index in [0.717, 1.165) is 22.4 Å². The summed E-state index contributed by atoms with van der Waals surface area (Å²) in [6, 6.07) is 5.91. The molecule has 0 atom stereocenters. The van der Waals surface area contributed by atoms with Crippen molar-refractivity contribution in [2.24, 2.45) is 0 Å². The average Bonchev–Trinajstić information content (AvgIpc) is 3.19. The third-order valence-electron chi connectivity index (χ3n) is 4.76. The van der Waals surface area contributed by atoms with Crippen LogP contribution in [0, 0.1) is 34.6 Å². The largest absolute Gasteiger partial charge is 0.465 e.